The van der Waals surface area contributed by atoms with Gasteiger partial charge in [0.1, 0.15) is 6.61 Å². The summed E-state index contributed by atoms with van der Waals surface area (Å²) in [5.74, 6) is 0.0925. The van der Waals surface area contributed by atoms with Crippen LogP contribution in [0.1, 0.15) is 23.1 Å². The van der Waals surface area contributed by atoms with Crippen LogP contribution in [0.15, 0.2) is 56.5 Å². The zero-order valence-electron chi connectivity index (χ0n) is 18.1. The maximum atomic E-state index is 12.9. The van der Waals surface area contributed by atoms with Gasteiger partial charge in [0, 0.05) is 15.6 Å². The highest BCUT2D eigenvalue weighted by atomic mass is 79.9. The van der Waals surface area contributed by atoms with E-state index in [1.807, 2.05) is 12.1 Å². The second kappa shape index (κ2) is 9.01. The summed E-state index contributed by atoms with van der Waals surface area (Å²) in [6.07, 6.45) is 6.45. The molecule has 4 atom stereocenters. The minimum absolute atomic E-state index is 0.134. The Bertz CT molecular complexity index is 1270. The standard InChI is InChI=1S/C25H19Br2N3O4/c1-33-18-9-17(11-29-30-24(31)19-13-6-7-14(8-13)20(19)25(30)32)21(26)22(27)23(18)34-12-16-5-3-2-4-15(16)10-28/h2-7,9,11,13-14,19-20H,8,12H2,1H3/t13-,14-,19-,20+/m0/s1. The second-order valence-corrected chi connectivity index (χ2v) is 10.0. The molecular weight excluding hydrogens is 566 g/mol. The maximum absolute atomic E-state index is 12.9. The topological polar surface area (TPSA) is 92.0 Å². The molecular formula is C25H19Br2N3O4. The number of nitriles is 1. The molecule has 34 heavy (non-hydrogen) atoms. The third-order valence-corrected chi connectivity index (χ3v) is 8.79. The van der Waals surface area contributed by atoms with Gasteiger partial charge in [-0.25, -0.2) is 0 Å². The SMILES string of the molecule is COc1cc(C=NN2C(=O)[C@@H]3[C@H](C2=O)[C@H]2C=C[C@H]3C2)c(Br)c(Br)c1OCc1ccccc1C#N. The molecule has 0 radical (unpaired) electrons. The molecule has 1 saturated heterocycles. The molecule has 3 aliphatic rings. The number of hydrogen-bond acceptors (Lipinski definition) is 6. The van der Waals surface area contributed by atoms with Gasteiger partial charge in [-0.1, -0.05) is 30.4 Å². The van der Waals surface area contributed by atoms with E-state index in [1.165, 1.54) is 13.3 Å². The number of methoxy groups -OCH3 is 1. The van der Waals surface area contributed by atoms with E-state index >= 15 is 0 Å². The summed E-state index contributed by atoms with van der Waals surface area (Å²) in [7, 11) is 1.52. The predicted octanol–water partition coefficient (Wildman–Crippen LogP) is 4.81. The molecule has 0 aromatic heterocycles. The summed E-state index contributed by atoms with van der Waals surface area (Å²) in [5.41, 5.74) is 1.89. The zero-order chi connectivity index (χ0) is 24.0. The average molecular weight is 585 g/mol. The molecule has 2 amide bonds. The quantitative estimate of drug-likeness (QED) is 0.276. The van der Waals surface area contributed by atoms with E-state index in [1.54, 1.807) is 18.2 Å². The van der Waals surface area contributed by atoms with Crippen LogP contribution < -0.4 is 9.47 Å². The van der Waals surface area contributed by atoms with Gasteiger partial charge in [0.25, 0.3) is 11.8 Å². The van der Waals surface area contributed by atoms with E-state index in [4.69, 9.17) is 9.47 Å². The van der Waals surface area contributed by atoms with Crippen LogP contribution in [0.5, 0.6) is 11.5 Å². The molecule has 0 unspecified atom stereocenters. The first-order valence-corrected chi connectivity index (χ1v) is 12.3. The molecule has 2 fully saturated rings. The van der Waals surface area contributed by atoms with E-state index < -0.39 is 0 Å². The zero-order valence-corrected chi connectivity index (χ0v) is 21.2. The second-order valence-electron chi connectivity index (χ2n) is 8.42. The average Bonchev–Trinajstić information content (AvgIpc) is 3.53. The van der Waals surface area contributed by atoms with Gasteiger partial charge < -0.3 is 9.47 Å². The Morgan fingerprint density at radius 3 is 2.47 bits per heavy atom. The fourth-order valence-corrected chi connectivity index (χ4v) is 5.95. The van der Waals surface area contributed by atoms with Crippen LogP contribution in [-0.4, -0.2) is 30.1 Å². The minimum atomic E-state index is -0.295. The monoisotopic (exact) mass is 583 g/mol. The molecule has 2 bridgehead atoms. The summed E-state index contributed by atoms with van der Waals surface area (Å²) in [5, 5.41) is 14.6. The minimum Gasteiger partial charge on any atom is -0.493 e. The van der Waals surface area contributed by atoms with Gasteiger partial charge in [-0.3, -0.25) is 9.59 Å². The number of rotatable bonds is 6. The molecule has 7 nitrogen and oxygen atoms in total. The number of amides is 2. The van der Waals surface area contributed by atoms with Gasteiger partial charge in [-0.05, 0) is 62.2 Å². The van der Waals surface area contributed by atoms with Crippen LogP contribution in [0.3, 0.4) is 0 Å². The Hall–Kier alpha value is -2.96. The van der Waals surface area contributed by atoms with Crippen molar-refractivity contribution in [3.8, 4) is 17.6 Å². The van der Waals surface area contributed by atoms with E-state index in [2.05, 4.69) is 55.2 Å². The normalized spacial score (nSPS) is 24.7. The first-order chi connectivity index (χ1) is 16.4. The van der Waals surface area contributed by atoms with Crippen molar-refractivity contribution in [2.45, 2.75) is 13.0 Å². The molecule has 5 rings (SSSR count). The molecule has 9 heteroatoms. The van der Waals surface area contributed by atoms with Crippen molar-refractivity contribution in [3.63, 3.8) is 0 Å². The van der Waals surface area contributed by atoms with Gasteiger partial charge in [-0.15, -0.1) is 0 Å². The highest BCUT2D eigenvalue weighted by Crippen LogP contribution is 2.52. The summed E-state index contributed by atoms with van der Waals surface area (Å²) >= 11 is 7.08. The molecule has 0 spiro atoms. The highest BCUT2D eigenvalue weighted by molar-refractivity contribution is 9.13. The largest absolute Gasteiger partial charge is 0.493 e. The van der Waals surface area contributed by atoms with Crippen molar-refractivity contribution in [1.29, 1.82) is 5.26 Å². The van der Waals surface area contributed by atoms with Crippen molar-refractivity contribution in [2.24, 2.45) is 28.8 Å². The third kappa shape index (κ3) is 3.65. The fraction of sp³-hybridized carbons (Fsp3) is 0.280. The van der Waals surface area contributed by atoms with Crippen molar-refractivity contribution in [2.75, 3.05) is 7.11 Å². The lowest BCUT2D eigenvalue weighted by Crippen LogP contribution is -2.28. The van der Waals surface area contributed by atoms with Gasteiger partial charge >= 0.3 is 0 Å². The number of carbonyl (C=O) groups is 2. The Kier molecular flexibility index (Phi) is 6.04. The molecule has 1 saturated carbocycles. The van der Waals surface area contributed by atoms with Crippen molar-refractivity contribution in [1.82, 2.24) is 5.01 Å². The third-order valence-electron chi connectivity index (χ3n) is 6.64. The number of hydrazone groups is 1. The number of benzene rings is 2. The van der Waals surface area contributed by atoms with E-state index in [0.29, 0.717) is 31.6 Å². The van der Waals surface area contributed by atoms with Crippen molar-refractivity contribution in [3.05, 3.63) is 68.1 Å². The van der Waals surface area contributed by atoms with Gasteiger partial charge in [0.05, 0.1) is 41.3 Å². The van der Waals surface area contributed by atoms with Crippen LogP contribution in [-0.2, 0) is 16.2 Å². The van der Waals surface area contributed by atoms with Crippen LogP contribution in [0.4, 0.5) is 0 Å². The van der Waals surface area contributed by atoms with Gasteiger partial charge in [0.2, 0.25) is 0 Å². The molecule has 2 aliphatic carbocycles. The van der Waals surface area contributed by atoms with Gasteiger partial charge in [-0.2, -0.15) is 15.4 Å². The van der Waals surface area contributed by atoms with Crippen LogP contribution in [0.25, 0.3) is 0 Å². The summed E-state index contributed by atoms with van der Waals surface area (Å²) in [6, 6.07) is 11.1. The molecule has 2 aromatic rings. The lowest BCUT2D eigenvalue weighted by molar-refractivity contribution is -0.140. The summed E-state index contributed by atoms with van der Waals surface area (Å²) < 4.78 is 12.7. The predicted molar refractivity (Wildman–Crippen MR) is 131 cm³/mol. The molecule has 172 valence electrons. The Balaban J connectivity index is 1.39. The number of halogens is 2. The number of ether oxygens (including phenoxy) is 2. The van der Waals surface area contributed by atoms with E-state index in [0.717, 1.165) is 17.0 Å². The van der Waals surface area contributed by atoms with E-state index in [-0.39, 0.29) is 42.1 Å². The summed E-state index contributed by atoms with van der Waals surface area (Å²) in [4.78, 5) is 25.8. The Labute approximate surface area is 213 Å². The van der Waals surface area contributed by atoms with Crippen LogP contribution >= 0.6 is 31.9 Å². The number of nitrogens with zero attached hydrogens (tertiary/aromatic N) is 3. The fourth-order valence-electron chi connectivity index (χ4n) is 5.01. The first kappa shape index (κ1) is 22.8. The summed E-state index contributed by atoms with van der Waals surface area (Å²) in [6.45, 7) is 0.175. The lowest BCUT2D eigenvalue weighted by atomic mass is 9.85. The molecule has 1 aliphatic heterocycles. The van der Waals surface area contributed by atoms with Crippen LogP contribution in [0, 0.1) is 35.0 Å². The molecule has 0 N–H and O–H groups in total. The Morgan fingerprint density at radius 1 is 1.15 bits per heavy atom. The number of imide groups is 1. The molecule has 1 heterocycles. The number of carbonyl (C=O) groups excluding carboxylic acids is 2. The van der Waals surface area contributed by atoms with Crippen LogP contribution in [0.2, 0.25) is 0 Å². The molecule has 2 aromatic carbocycles. The lowest BCUT2D eigenvalue weighted by Gasteiger charge is -2.16. The number of allylic oxidation sites excluding steroid dienone is 2. The Morgan fingerprint density at radius 2 is 1.82 bits per heavy atom. The highest BCUT2D eigenvalue weighted by Gasteiger charge is 2.59. The van der Waals surface area contributed by atoms with Gasteiger partial charge in [0.15, 0.2) is 11.5 Å². The van der Waals surface area contributed by atoms with Crippen molar-refractivity contribution < 1.29 is 19.1 Å². The number of hydrogen-bond donors (Lipinski definition) is 0. The van der Waals surface area contributed by atoms with E-state index in [9.17, 15) is 14.9 Å². The smallest absolute Gasteiger partial charge is 0.254 e. The first-order valence-electron chi connectivity index (χ1n) is 10.7. The van der Waals surface area contributed by atoms with Crippen molar-refractivity contribution >= 4 is 49.9 Å². The maximum Gasteiger partial charge on any atom is 0.254 e. The number of fused-ring (bicyclic) bond motifs is 5.